The van der Waals surface area contributed by atoms with Gasteiger partial charge in [0.15, 0.2) is 6.04 Å². The molecule has 0 bridgehead atoms. The van der Waals surface area contributed by atoms with Gasteiger partial charge < -0.3 is 9.94 Å². The number of hydroxylamine groups is 1. The highest BCUT2D eigenvalue weighted by Gasteiger charge is 2.23. The van der Waals surface area contributed by atoms with Crippen LogP contribution >= 0.6 is 0 Å². The van der Waals surface area contributed by atoms with E-state index in [1.807, 2.05) is 0 Å². The van der Waals surface area contributed by atoms with Gasteiger partial charge in [0.2, 0.25) is 0 Å². The van der Waals surface area contributed by atoms with E-state index in [4.69, 9.17) is 9.94 Å². The second-order valence-corrected chi connectivity index (χ2v) is 3.27. The van der Waals surface area contributed by atoms with Crippen molar-refractivity contribution in [2.75, 3.05) is 0 Å². The standard InChI is InChI=1S/C8H13NO3/c1-5(2)3-6-4-7(8(10)11)9-12-6/h4-5,7,9H,3H2,1-2H3,(H,10,11). The fourth-order valence-electron chi connectivity index (χ4n) is 1.03. The maximum Gasteiger partial charge on any atom is 0.328 e. The van der Waals surface area contributed by atoms with Gasteiger partial charge in [0.1, 0.15) is 5.76 Å². The first kappa shape index (κ1) is 9.06. The second-order valence-electron chi connectivity index (χ2n) is 3.27. The molecule has 4 nitrogen and oxygen atoms in total. The molecule has 1 rings (SSSR count). The molecule has 0 aromatic carbocycles. The van der Waals surface area contributed by atoms with E-state index in [1.54, 1.807) is 6.08 Å². The van der Waals surface area contributed by atoms with Crippen molar-refractivity contribution in [3.63, 3.8) is 0 Å². The number of nitrogens with one attached hydrogen (secondary N) is 1. The third-order valence-corrected chi connectivity index (χ3v) is 1.55. The average molecular weight is 171 g/mol. The number of carboxylic acids is 1. The van der Waals surface area contributed by atoms with Crippen molar-refractivity contribution in [1.82, 2.24) is 5.48 Å². The molecule has 1 heterocycles. The van der Waals surface area contributed by atoms with Gasteiger partial charge in [0.25, 0.3) is 0 Å². The molecule has 12 heavy (non-hydrogen) atoms. The van der Waals surface area contributed by atoms with Gasteiger partial charge in [-0.05, 0) is 12.0 Å². The van der Waals surface area contributed by atoms with Gasteiger partial charge in [-0.1, -0.05) is 13.8 Å². The van der Waals surface area contributed by atoms with E-state index < -0.39 is 12.0 Å². The Morgan fingerprint density at radius 2 is 2.50 bits per heavy atom. The number of hydrogen-bond acceptors (Lipinski definition) is 3. The minimum atomic E-state index is -0.909. The van der Waals surface area contributed by atoms with Crippen LogP contribution in [-0.2, 0) is 9.63 Å². The molecule has 1 aliphatic rings. The Morgan fingerprint density at radius 3 is 2.92 bits per heavy atom. The molecule has 0 saturated heterocycles. The van der Waals surface area contributed by atoms with Crippen LogP contribution in [0.1, 0.15) is 20.3 Å². The summed E-state index contributed by atoms with van der Waals surface area (Å²) < 4.78 is 0. The summed E-state index contributed by atoms with van der Waals surface area (Å²) in [5.41, 5.74) is 2.42. The van der Waals surface area contributed by atoms with Crippen molar-refractivity contribution in [1.29, 1.82) is 0 Å². The van der Waals surface area contributed by atoms with Gasteiger partial charge >= 0.3 is 5.97 Å². The summed E-state index contributed by atoms with van der Waals surface area (Å²) in [6.45, 7) is 4.11. The molecule has 4 heteroatoms. The van der Waals surface area contributed by atoms with Crippen molar-refractivity contribution in [3.8, 4) is 0 Å². The number of hydrogen-bond donors (Lipinski definition) is 2. The Morgan fingerprint density at radius 1 is 1.83 bits per heavy atom. The molecule has 1 atom stereocenters. The fourth-order valence-corrected chi connectivity index (χ4v) is 1.03. The lowest BCUT2D eigenvalue weighted by molar-refractivity contribution is -0.139. The van der Waals surface area contributed by atoms with Gasteiger partial charge in [-0.3, -0.25) is 4.79 Å². The second kappa shape index (κ2) is 3.58. The Kier molecular flexibility index (Phi) is 2.70. The van der Waals surface area contributed by atoms with E-state index in [-0.39, 0.29) is 0 Å². The predicted octanol–water partition coefficient (Wildman–Crippen LogP) is 0.904. The van der Waals surface area contributed by atoms with Crippen molar-refractivity contribution < 1.29 is 14.7 Å². The molecule has 1 aliphatic heterocycles. The molecule has 2 N–H and O–H groups in total. The van der Waals surface area contributed by atoms with Gasteiger partial charge in [0.05, 0.1) is 0 Å². The minimum absolute atomic E-state index is 0.477. The smallest absolute Gasteiger partial charge is 0.328 e. The highest BCUT2D eigenvalue weighted by molar-refractivity contribution is 5.76. The summed E-state index contributed by atoms with van der Waals surface area (Å²) in [7, 11) is 0. The van der Waals surface area contributed by atoms with Crippen molar-refractivity contribution in [2.24, 2.45) is 5.92 Å². The van der Waals surface area contributed by atoms with Crippen LogP contribution < -0.4 is 5.48 Å². The van der Waals surface area contributed by atoms with Crippen LogP contribution in [0.25, 0.3) is 0 Å². The number of allylic oxidation sites excluding steroid dienone is 1. The van der Waals surface area contributed by atoms with E-state index in [1.165, 1.54) is 0 Å². The Labute approximate surface area is 71.2 Å². The highest BCUT2D eigenvalue weighted by atomic mass is 16.7. The van der Waals surface area contributed by atoms with Crippen LogP contribution in [0.15, 0.2) is 11.8 Å². The van der Waals surface area contributed by atoms with E-state index in [9.17, 15) is 4.79 Å². The molecular weight excluding hydrogens is 158 g/mol. The molecule has 68 valence electrons. The van der Waals surface area contributed by atoms with Crippen molar-refractivity contribution in [2.45, 2.75) is 26.3 Å². The molecule has 0 amide bonds. The minimum Gasteiger partial charge on any atom is -0.480 e. The van der Waals surface area contributed by atoms with E-state index in [0.29, 0.717) is 5.92 Å². The van der Waals surface area contributed by atoms with Crippen LogP contribution in [0.2, 0.25) is 0 Å². The molecule has 0 saturated carbocycles. The van der Waals surface area contributed by atoms with Crippen LogP contribution in [0.3, 0.4) is 0 Å². The molecule has 0 spiro atoms. The fraction of sp³-hybridized carbons (Fsp3) is 0.625. The quantitative estimate of drug-likeness (QED) is 0.662. The number of rotatable bonds is 3. The van der Waals surface area contributed by atoms with Crippen LogP contribution in [0, 0.1) is 5.92 Å². The molecular formula is C8H13NO3. The zero-order chi connectivity index (χ0) is 9.14. The van der Waals surface area contributed by atoms with Crippen LogP contribution in [0.4, 0.5) is 0 Å². The van der Waals surface area contributed by atoms with E-state index in [2.05, 4.69) is 19.3 Å². The maximum atomic E-state index is 10.4. The summed E-state index contributed by atoms with van der Waals surface area (Å²) in [5, 5.41) is 8.58. The van der Waals surface area contributed by atoms with Gasteiger partial charge in [0, 0.05) is 6.42 Å². The van der Waals surface area contributed by atoms with Crippen LogP contribution in [0.5, 0.6) is 0 Å². The first-order valence-electron chi connectivity index (χ1n) is 3.95. The molecule has 1 unspecified atom stereocenters. The summed E-state index contributed by atoms with van der Waals surface area (Å²) in [6, 6.07) is -0.682. The SMILES string of the molecule is CC(C)CC1=CC(C(=O)O)NO1. The Bertz CT molecular complexity index is 210. The summed E-state index contributed by atoms with van der Waals surface area (Å²) in [4.78, 5) is 15.4. The van der Waals surface area contributed by atoms with Crippen molar-refractivity contribution >= 4 is 5.97 Å². The maximum absolute atomic E-state index is 10.4. The molecule has 0 aromatic rings. The average Bonchev–Trinajstić information content (AvgIpc) is 2.34. The summed E-state index contributed by atoms with van der Waals surface area (Å²) >= 11 is 0. The lowest BCUT2D eigenvalue weighted by Crippen LogP contribution is -2.29. The van der Waals surface area contributed by atoms with E-state index in [0.717, 1.165) is 12.2 Å². The van der Waals surface area contributed by atoms with Gasteiger partial charge in [-0.2, -0.15) is 0 Å². The van der Waals surface area contributed by atoms with Crippen molar-refractivity contribution in [3.05, 3.63) is 11.8 Å². The molecule has 0 radical (unpaired) electrons. The number of carboxylic acid groups (broad SMARTS) is 1. The Hall–Kier alpha value is -1.03. The largest absolute Gasteiger partial charge is 0.480 e. The summed E-state index contributed by atoms with van der Waals surface area (Å²) in [6.07, 6.45) is 2.37. The molecule has 0 aliphatic carbocycles. The zero-order valence-corrected chi connectivity index (χ0v) is 7.20. The first-order chi connectivity index (χ1) is 5.59. The lowest BCUT2D eigenvalue weighted by Gasteiger charge is -2.04. The Balaban J connectivity index is 2.48. The van der Waals surface area contributed by atoms with Gasteiger partial charge in [-0.15, -0.1) is 5.48 Å². The van der Waals surface area contributed by atoms with E-state index >= 15 is 0 Å². The molecule has 0 fully saturated rings. The topological polar surface area (TPSA) is 58.6 Å². The molecule has 0 aromatic heterocycles. The highest BCUT2D eigenvalue weighted by Crippen LogP contribution is 2.16. The normalized spacial score (nSPS) is 22.2. The lowest BCUT2D eigenvalue weighted by atomic mass is 10.1. The number of aliphatic carboxylic acids is 1. The summed E-state index contributed by atoms with van der Waals surface area (Å²) in [5.74, 6) is 0.289. The van der Waals surface area contributed by atoms with Gasteiger partial charge in [-0.25, -0.2) is 0 Å². The third kappa shape index (κ3) is 2.23. The van der Waals surface area contributed by atoms with Crippen LogP contribution in [-0.4, -0.2) is 17.1 Å². The predicted molar refractivity (Wildman–Crippen MR) is 43.2 cm³/mol. The number of carbonyl (C=O) groups is 1. The zero-order valence-electron chi connectivity index (χ0n) is 7.20. The first-order valence-corrected chi connectivity index (χ1v) is 3.95. The monoisotopic (exact) mass is 171 g/mol. The third-order valence-electron chi connectivity index (χ3n) is 1.55.